The minimum absolute atomic E-state index is 0.134. The molecule has 2 fully saturated rings. The van der Waals surface area contributed by atoms with Gasteiger partial charge in [0.05, 0.1) is 6.04 Å². The van der Waals surface area contributed by atoms with E-state index in [4.69, 9.17) is 14.5 Å². The number of ether oxygens (including phenoxy) is 2. The van der Waals surface area contributed by atoms with E-state index in [1.165, 1.54) is 11.3 Å². The van der Waals surface area contributed by atoms with E-state index in [1.807, 2.05) is 18.2 Å². The van der Waals surface area contributed by atoms with Crippen molar-refractivity contribution in [3.63, 3.8) is 0 Å². The summed E-state index contributed by atoms with van der Waals surface area (Å²) in [4.78, 5) is 37.6. The van der Waals surface area contributed by atoms with Crippen LogP contribution in [0, 0.1) is 0 Å². The van der Waals surface area contributed by atoms with Gasteiger partial charge in [-0.05, 0) is 37.8 Å². The van der Waals surface area contributed by atoms with Crippen LogP contribution in [0.2, 0.25) is 0 Å². The summed E-state index contributed by atoms with van der Waals surface area (Å²) in [7, 11) is 1.76. The Bertz CT molecular complexity index is 1150. The Kier molecular flexibility index (Phi) is 5.45. The monoisotopic (exact) mass is 440 g/mol. The lowest BCUT2D eigenvalue weighted by molar-refractivity contribution is 0.0828. The lowest BCUT2D eigenvalue weighted by Crippen LogP contribution is -2.33. The summed E-state index contributed by atoms with van der Waals surface area (Å²) in [5, 5.41) is 0.742. The number of carbonyl (C=O) groups is 1. The number of rotatable bonds is 3. The molecule has 31 heavy (non-hydrogen) atoms. The van der Waals surface area contributed by atoms with Crippen LogP contribution in [-0.4, -0.2) is 45.3 Å². The zero-order valence-electron chi connectivity index (χ0n) is 17.3. The second-order valence-corrected chi connectivity index (χ2v) is 8.97. The number of benzene rings is 1. The lowest BCUT2D eigenvalue weighted by Gasteiger charge is -2.22. The van der Waals surface area contributed by atoms with Crippen LogP contribution in [0.4, 0.5) is 4.79 Å². The van der Waals surface area contributed by atoms with E-state index in [-0.39, 0.29) is 17.5 Å². The van der Waals surface area contributed by atoms with Gasteiger partial charge in [0.15, 0.2) is 10.3 Å². The zero-order chi connectivity index (χ0) is 21.4. The van der Waals surface area contributed by atoms with E-state index in [9.17, 15) is 9.59 Å². The minimum Gasteiger partial charge on any atom is -0.410 e. The quantitative estimate of drug-likeness (QED) is 0.618. The van der Waals surface area contributed by atoms with E-state index in [2.05, 4.69) is 4.98 Å². The largest absolute Gasteiger partial charge is 0.415 e. The molecule has 1 amide bonds. The molecule has 1 aromatic carbocycles. The van der Waals surface area contributed by atoms with Crippen LogP contribution in [0.15, 0.2) is 35.1 Å². The summed E-state index contributed by atoms with van der Waals surface area (Å²) < 4.78 is 12.6. The van der Waals surface area contributed by atoms with Gasteiger partial charge in [0, 0.05) is 32.7 Å². The Morgan fingerprint density at radius 3 is 2.71 bits per heavy atom. The zero-order valence-corrected chi connectivity index (χ0v) is 18.1. The van der Waals surface area contributed by atoms with Crippen molar-refractivity contribution in [1.82, 2.24) is 19.4 Å². The predicted molar refractivity (Wildman–Crippen MR) is 117 cm³/mol. The summed E-state index contributed by atoms with van der Waals surface area (Å²) in [6, 6.07) is 8.84. The first kappa shape index (κ1) is 20.1. The lowest BCUT2D eigenvalue weighted by atomic mass is 9.99. The number of hydrogen-bond donors (Lipinski definition) is 0. The summed E-state index contributed by atoms with van der Waals surface area (Å²) in [5.74, 6) is 1.52. The summed E-state index contributed by atoms with van der Waals surface area (Å²) in [6.07, 6.45) is 2.98. The van der Waals surface area contributed by atoms with Gasteiger partial charge in [-0.15, -0.1) is 0 Å². The van der Waals surface area contributed by atoms with Gasteiger partial charge >= 0.3 is 6.09 Å². The molecule has 2 saturated heterocycles. The standard InChI is InChI=1S/C22H24N4O4S/c1-25-18(14-9-12-29-13-10-14)24-20-17(21(25)27)23-19(31-20)16-8-5-11-26(16)22(28)30-15-6-3-2-4-7-15/h2-4,6-7,14,16H,5,8-13H2,1H3. The van der Waals surface area contributed by atoms with Crippen molar-refractivity contribution in [2.24, 2.45) is 7.05 Å². The summed E-state index contributed by atoms with van der Waals surface area (Å²) in [5.41, 5.74) is 0.243. The molecular formula is C22H24N4O4S. The molecular weight excluding hydrogens is 416 g/mol. The Labute approximate surface area is 183 Å². The second-order valence-electron chi connectivity index (χ2n) is 7.96. The molecule has 0 spiro atoms. The van der Waals surface area contributed by atoms with Crippen LogP contribution >= 0.6 is 11.3 Å². The first-order valence-corrected chi connectivity index (χ1v) is 11.4. The summed E-state index contributed by atoms with van der Waals surface area (Å²) >= 11 is 1.41. The first-order chi connectivity index (χ1) is 15.1. The van der Waals surface area contributed by atoms with Crippen LogP contribution < -0.4 is 10.3 Å². The fourth-order valence-electron chi connectivity index (χ4n) is 4.34. The highest BCUT2D eigenvalue weighted by Crippen LogP contribution is 2.36. The Morgan fingerprint density at radius 2 is 1.94 bits per heavy atom. The normalized spacial score (nSPS) is 19.8. The van der Waals surface area contributed by atoms with Gasteiger partial charge in [0.1, 0.15) is 16.6 Å². The fraction of sp³-hybridized carbons (Fsp3) is 0.455. The first-order valence-electron chi connectivity index (χ1n) is 10.6. The molecule has 8 nitrogen and oxygen atoms in total. The third-order valence-corrected chi connectivity index (χ3v) is 7.05. The molecule has 3 aromatic rings. The average molecular weight is 441 g/mol. The maximum Gasteiger partial charge on any atom is 0.415 e. The van der Waals surface area contributed by atoms with Crippen LogP contribution in [0.25, 0.3) is 10.3 Å². The highest BCUT2D eigenvalue weighted by atomic mass is 32.1. The van der Waals surface area contributed by atoms with Crippen molar-refractivity contribution in [2.45, 2.75) is 37.6 Å². The second kappa shape index (κ2) is 8.39. The molecule has 5 rings (SSSR count). The molecule has 162 valence electrons. The van der Waals surface area contributed by atoms with Gasteiger partial charge in [-0.25, -0.2) is 14.8 Å². The number of amides is 1. The smallest absolute Gasteiger partial charge is 0.410 e. The molecule has 2 aromatic heterocycles. The number of nitrogens with zero attached hydrogens (tertiary/aromatic N) is 4. The third kappa shape index (κ3) is 3.83. The molecule has 2 aliphatic heterocycles. The van der Waals surface area contributed by atoms with Crippen molar-refractivity contribution in [3.8, 4) is 5.75 Å². The maximum atomic E-state index is 13.0. The van der Waals surface area contributed by atoms with Crippen LogP contribution in [-0.2, 0) is 11.8 Å². The van der Waals surface area contributed by atoms with Crippen LogP contribution in [0.5, 0.6) is 5.75 Å². The van der Waals surface area contributed by atoms with Gasteiger partial charge < -0.3 is 9.47 Å². The van der Waals surface area contributed by atoms with Gasteiger partial charge in [-0.1, -0.05) is 29.5 Å². The fourth-order valence-corrected chi connectivity index (χ4v) is 5.42. The Hall–Kier alpha value is -2.78. The number of likely N-dealkylation sites (tertiary alicyclic amines) is 1. The van der Waals surface area contributed by atoms with Crippen molar-refractivity contribution >= 4 is 27.8 Å². The number of carbonyl (C=O) groups excluding carboxylic acids is 1. The number of aromatic nitrogens is 3. The van der Waals surface area contributed by atoms with Gasteiger partial charge in [-0.3, -0.25) is 14.3 Å². The summed E-state index contributed by atoms with van der Waals surface area (Å²) in [6.45, 7) is 1.98. The van der Waals surface area contributed by atoms with Crippen LogP contribution in [0.1, 0.15) is 48.5 Å². The molecule has 0 aliphatic carbocycles. The Morgan fingerprint density at radius 1 is 1.16 bits per heavy atom. The molecule has 2 aliphatic rings. The van der Waals surface area contributed by atoms with E-state index in [1.54, 1.807) is 28.6 Å². The topological polar surface area (TPSA) is 86.6 Å². The van der Waals surface area contributed by atoms with E-state index in [0.717, 1.165) is 36.5 Å². The van der Waals surface area contributed by atoms with E-state index < -0.39 is 6.09 Å². The molecule has 0 N–H and O–H groups in total. The minimum atomic E-state index is -0.392. The van der Waals surface area contributed by atoms with E-state index in [0.29, 0.717) is 35.9 Å². The van der Waals surface area contributed by atoms with Gasteiger partial charge in [-0.2, -0.15) is 0 Å². The molecule has 4 heterocycles. The third-order valence-electron chi connectivity index (χ3n) is 6.00. The van der Waals surface area contributed by atoms with Gasteiger partial charge in [0.2, 0.25) is 0 Å². The highest BCUT2D eigenvalue weighted by molar-refractivity contribution is 7.18. The number of para-hydroxylation sites is 1. The van der Waals surface area contributed by atoms with Crippen molar-refractivity contribution in [3.05, 3.63) is 51.5 Å². The number of thiazole rings is 1. The predicted octanol–water partition coefficient (Wildman–Crippen LogP) is 3.62. The van der Waals surface area contributed by atoms with E-state index >= 15 is 0 Å². The molecule has 1 atom stereocenters. The Balaban J connectivity index is 1.44. The molecule has 1 unspecified atom stereocenters. The molecule has 9 heteroatoms. The van der Waals surface area contributed by atoms with Crippen molar-refractivity contribution in [2.75, 3.05) is 19.8 Å². The van der Waals surface area contributed by atoms with Crippen LogP contribution in [0.3, 0.4) is 0 Å². The SMILES string of the molecule is Cn1c(C2CCOCC2)nc2sc(C3CCCN3C(=O)Oc3ccccc3)nc2c1=O. The maximum absolute atomic E-state index is 13.0. The average Bonchev–Trinajstić information content (AvgIpc) is 3.45. The number of hydrogen-bond acceptors (Lipinski definition) is 7. The number of fused-ring (bicyclic) bond motifs is 1. The van der Waals surface area contributed by atoms with Crippen molar-refractivity contribution in [1.29, 1.82) is 0 Å². The van der Waals surface area contributed by atoms with Crippen molar-refractivity contribution < 1.29 is 14.3 Å². The van der Waals surface area contributed by atoms with Gasteiger partial charge in [0.25, 0.3) is 5.56 Å². The molecule has 0 bridgehead atoms. The highest BCUT2D eigenvalue weighted by Gasteiger charge is 2.34. The molecule has 0 radical (unpaired) electrons. The molecule has 0 saturated carbocycles.